The summed E-state index contributed by atoms with van der Waals surface area (Å²) in [6.45, 7) is 3.99. The maximum absolute atomic E-state index is 12.2. The molecule has 1 aliphatic carbocycles. The minimum atomic E-state index is -0.311. The molecule has 1 saturated carbocycles. The molecule has 2 aliphatic rings. The Morgan fingerprint density at radius 1 is 1.00 bits per heavy atom. The van der Waals surface area contributed by atoms with Crippen LogP contribution in [0.1, 0.15) is 38.0 Å². The molecule has 1 saturated heterocycles. The third-order valence-electron chi connectivity index (χ3n) is 6.64. The number of rotatable bonds is 8. The average Bonchev–Trinajstić information content (AvgIpc) is 3.41. The summed E-state index contributed by atoms with van der Waals surface area (Å²) in [6, 6.07) is 13.9. The maximum Gasteiger partial charge on any atom is 0.258 e. The van der Waals surface area contributed by atoms with E-state index >= 15 is 0 Å². The molecule has 10 heteroatoms. The highest BCUT2D eigenvalue weighted by atomic mass is 16.5. The normalized spacial score (nSPS) is 17.3. The van der Waals surface area contributed by atoms with Crippen molar-refractivity contribution in [3.63, 3.8) is 0 Å². The molecule has 2 fully saturated rings. The van der Waals surface area contributed by atoms with E-state index in [1.807, 2.05) is 36.4 Å². The number of carbonyl (C=O) groups is 1. The highest BCUT2D eigenvalue weighted by Gasteiger charge is 2.25. The van der Waals surface area contributed by atoms with Gasteiger partial charge in [0, 0.05) is 43.9 Å². The van der Waals surface area contributed by atoms with Crippen LogP contribution in [0.5, 0.6) is 5.88 Å². The van der Waals surface area contributed by atoms with Crippen molar-refractivity contribution in [1.29, 1.82) is 0 Å². The van der Waals surface area contributed by atoms with E-state index < -0.39 is 0 Å². The lowest BCUT2D eigenvalue weighted by atomic mass is 9.94. The summed E-state index contributed by atoms with van der Waals surface area (Å²) < 4.78 is 10.7. The van der Waals surface area contributed by atoms with Crippen LogP contribution >= 0.6 is 0 Å². The predicted octanol–water partition coefficient (Wildman–Crippen LogP) is 2.68. The van der Waals surface area contributed by atoms with E-state index in [1.165, 1.54) is 32.1 Å². The van der Waals surface area contributed by atoms with Crippen LogP contribution in [0.2, 0.25) is 0 Å². The highest BCUT2D eigenvalue weighted by Crippen LogP contribution is 2.24. The van der Waals surface area contributed by atoms with E-state index in [4.69, 9.17) is 9.26 Å². The Kier molecular flexibility index (Phi) is 7.47. The van der Waals surface area contributed by atoms with Gasteiger partial charge < -0.3 is 19.5 Å². The fraction of sp³-hybridized carbons (Fsp3) is 0.480. The van der Waals surface area contributed by atoms with Gasteiger partial charge in [-0.05, 0) is 18.9 Å². The predicted molar refractivity (Wildman–Crippen MR) is 130 cm³/mol. The second kappa shape index (κ2) is 11.3. The molecule has 0 atom stereocenters. The number of hydrogen-bond acceptors (Lipinski definition) is 9. The minimum Gasteiger partial charge on any atom is -0.466 e. The van der Waals surface area contributed by atoms with Crippen LogP contribution in [0.25, 0.3) is 11.4 Å². The molecule has 1 amide bonds. The van der Waals surface area contributed by atoms with Crippen LogP contribution in [0, 0.1) is 0 Å². The molecule has 3 aromatic rings. The molecule has 0 radical (unpaired) electrons. The van der Waals surface area contributed by atoms with Crippen molar-refractivity contribution in [2.75, 3.05) is 37.7 Å². The Hall–Kier alpha value is -3.53. The molecule has 2 aromatic heterocycles. The lowest BCUT2D eigenvalue weighted by molar-refractivity contribution is -0.123. The zero-order chi connectivity index (χ0) is 23.9. The monoisotopic (exact) mass is 477 g/mol. The summed E-state index contributed by atoms with van der Waals surface area (Å²) in [6.07, 6.45) is 6.78. The van der Waals surface area contributed by atoms with E-state index in [9.17, 15) is 4.79 Å². The van der Waals surface area contributed by atoms with Gasteiger partial charge >= 0.3 is 0 Å². The fourth-order valence-electron chi connectivity index (χ4n) is 4.72. The van der Waals surface area contributed by atoms with Crippen molar-refractivity contribution >= 4 is 11.7 Å². The molecule has 5 rings (SSSR count). The molecule has 0 bridgehead atoms. The first kappa shape index (κ1) is 23.2. The van der Waals surface area contributed by atoms with Gasteiger partial charge in [-0.2, -0.15) is 4.98 Å². The van der Waals surface area contributed by atoms with Gasteiger partial charge in [0.15, 0.2) is 12.4 Å². The Balaban J connectivity index is 1.04. The van der Waals surface area contributed by atoms with Gasteiger partial charge in [0.05, 0.1) is 6.54 Å². The molecule has 1 aliphatic heterocycles. The van der Waals surface area contributed by atoms with Gasteiger partial charge in [-0.3, -0.25) is 9.69 Å². The van der Waals surface area contributed by atoms with Crippen LogP contribution in [0.3, 0.4) is 0 Å². The lowest BCUT2D eigenvalue weighted by Gasteiger charge is -2.41. The standard InChI is InChI=1S/C25H31N7O3/c33-22(26-17-24-27-25(30-35-24)19-7-3-1-4-8-19)18-34-23-12-11-21(28-29-23)32-15-13-31(14-16-32)20-9-5-2-6-10-20/h1,3-4,7-8,11-12,20H,2,5-6,9-10,13-18H2,(H,26,33). The number of anilines is 1. The molecule has 0 unspecified atom stereocenters. The smallest absolute Gasteiger partial charge is 0.258 e. The molecule has 1 N–H and O–H groups in total. The summed E-state index contributed by atoms with van der Waals surface area (Å²) in [5.41, 5.74) is 0.852. The second-order valence-electron chi connectivity index (χ2n) is 8.99. The van der Waals surface area contributed by atoms with Gasteiger partial charge in [-0.25, -0.2) is 0 Å². The van der Waals surface area contributed by atoms with Crippen LogP contribution in [0.4, 0.5) is 5.82 Å². The number of amides is 1. The number of nitrogens with zero attached hydrogens (tertiary/aromatic N) is 6. The van der Waals surface area contributed by atoms with Crippen molar-refractivity contribution in [3.8, 4) is 17.3 Å². The van der Waals surface area contributed by atoms with E-state index in [0.29, 0.717) is 17.6 Å². The Labute approximate surface area is 204 Å². The topological polar surface area (TPSA) is 110 Å². The number of hydrogen-bond donors (Lipinski definition) is 1. The Morgan fingerprint density at radius 2 is 1.80 bits per heavy atom. The van der Waals surface area contributed by atoms with Crippen molar-refractivity contribution in [2.24, 2.45) is 0 Å². The third-order valence-corrected chi connectivity index (χ3v) is 6.64. The first-order chi connectivity index (χ1) is 17.2. The SMILES string of the molecule is O=C(COc1ccc(N2CCN(C3CCCCC3)CC2)nn1)NCc1nc(-c2ccccc2)no1. The van der Waals surface area contributed by atoms with Gasteiger partial charge in [0.25, 0.3) is 5.91 Å². The van der Waals surface area contributed by atoms with Crippen molar-refractivity contribution in [3.05, 3.63) is 48.4 Å². The Morgan fingerprint density at radius 3 is 2.54 bits per heavy atom. The van der Waals surface area contributed by atoms with Crippen LogP contribution in [0.15, 0.2) is 47.0 Å². The first-order valence-corrected chi connectivity index (χ1v) is 12.3. The fourth-order valence-corrected chi connectivity index (χ4v) is 4.72. The minimum absolute atomic E-state index is 0.124. The first-order valence-electron chi connectivity index (χ1n) is 12.3. The van der Waals surface area contributed by atoms with E-state index in [2.05, 4.69) is 35.5 Å². The molecule has 35 heavy (non-hydrogen) atoms. The van der Waals surface area contributed by atoms with E-state index in [1.54, 1.807) is 6.07 Å². The van der Waals surface area contributed by atoms with Crippen molar-refractivity contribution < 1.29 is 14.1 Å². The number of ether oxygens (including phenoxy) is 1. The largest absolute Gasteiger partial charge is 0.466 e. The summed E-state index contributed by atoms with van der Waals surface area (Å²) in [5.74, 6) is 1.65. The summed E-state index contributed by atoms with van der Waals surface area (Å²) in [5, 5.41) is 15.1. The molecule has 1 aromatic carbocycles. The molecular formula is C25H31N7O3. The highest BCUT2D eigenvalue weighted by molar-refractivity contribution is 5.77. The third kappa shape index (κ3) is 6.13. The maximum atomic E-state index is 12.2. The van der Waals surface area contributed by atoms with Crippen LogP contribution < -0.4 is 15.0 Å². The Bertz CT molecular complexity index is 1080. The number of carbonyl (C=O) groups excluding carboxylic acids is 1. The number of piperazine rings is 1. The van der Waals surface area contributed by atoms with Gasteiger partial charge in [0.2, 0.25) is 17.6 Å². The average molecular weight is 478 g/mol. The molecule has 184 valence electrons. The number of aromatic nitrogens is 4. The summed E-state index contributed by atoms with van der Waals surface area (Å²) in [7, 11) is 0. The second-order valence-corrected chi connectivity index (χ2v) is 8.99. The zero-order valence-corrected chi connectivity index (χ0v) is 19.8. The number of nitrogens with one attached hydrogen (secondary N) is 1. The van der Waals surface area contributed by atoms with Gasteiger partial charge in [-0.1, -0.05) is 54.8 Å². The molecular weight excluding hydrogens is 446 g/mol. The molecule has 3 heterocycles. The van der Waals surface area contributed by atoms with Crippen molar-refractivity contribution in [2.45, 2.75) is 44.7 Å². The number of benzene rings is 1. The van der Waals surface area contributed by atoms with E-state index in [-0.39, 0.29) is 19.1 Å². The van der Waals surface area contributed by atoms with Gasteiger partial charge in [-0.15, -0.1) is 10.2 Å². The van der Waals surface area contributed by atoms with E-state index in [0.717, 1.165) is 43.6 Å². The lowest BCUT2D eigenvalue weighted by Crippen LogP contribution is -2.51. The summed E-state index contributed by atoms with van der Waals surface area (Å²) >= 11 is 0. The zero-order valence-electron chi connectivity index (χ0n) is 19.8. The van der Waals surface area contributed by atoms with Crippen LogP contribution in [-0.4, -0.2) is 70.0 Å². The van der Waals surface area contributed by atoms with Crippen molar-refractivity contribution in [1.82, 2.24) is 30.6 Å². The molecule has 0 spiro atoms. The molecule has 10 nitrogen and oxygen atoms in total. The van der Waals surface area contributed by atoms with Crippen LogP contribution in [-0.2, 0) is 11.3 Å². The summed E-state index contributed by atoms with van der Waals surface area (Å²) in [4.78, 5) is 21.3. The quantitative estimate of drug-likeness (QED) is 0.524. The van der Waals surface area contributed by atoms with Gasteiger partial charge in [0.1, 0.15) is 0 Å².